The Morgan fingerprint density at radius 2 is 2.22 bits per heavy atom. The normalized spacial score (nSPS) is 15.4. The van der Waals surface area contributed by atoms with Gasteiger partial charge in [-0.15, -0.1) is 11.8 Å². The standard InChI is InChI=1S/C18H23N3OS/c1-4-12(3)23-14-7-8-15(11(2)9-14)19-18(22)17-10-16(20-21-17)13-5-6-13/h7-10,12-13H,4-6H2,1-3H3,(H,19,22)(H,20,21). The van der Waals surface area contributed by atoms with Crippen LogP contribution in [-0.2, 0) is 0 Å². The lowest BCUT2D eigenvalue weighted by molar-refractivity contribution is 0.102. The lowest BCUT2D eigenvalue weighted by atomic mass is 10.2. The predicted molar refractivity (Wildman–Crippen MR) is 95.3 cm³/mol. The quantitative estimate of drug-likeness (QED) is 0.753. The number of benzene rings is 1. The molecule has 1 unspecified atom stereocenters. The Labute approximate surface area is 141 Å². The first-order valence-corrected chi connectivity index (χ1v) is 9.08. The van der Waals surface area contributed by atoms with E-state index < -0.39 is 0 Å². The van der Waals surface area contributed by atoms with Gasteiger partial charge in [0.15, 0.2) is 5.69 Å². The Balaban J connectivity index is 1.67. The Kier molecular flexibility index (Phi) is 4.76. The van der Waals surface area contributed by atoms with Crippen LogP contribution < -0.4 is 5.32 Å². The molecule has 0 radical (unpaired) electrons. The van der Waals surface area contributed by atoms with E-state index in [2.05, 4.69) is 41.5 Å². The van der Waals surface area contributed by atoms with Crippen molar-refractivity contribution < 1.29 is 4.79 Å². The molecule has 1 heterocycles. The van der Waals surface area contributed by atoms with Gasteiger partial charge in [-0.1, -0.05) is 13.8 Å². The van der Waals surface area contributed by atoms with Crippen LogP contribution in [0.2, 0.25) is 0 Å². The van der Waals surface area contributed by atoms with E-state index in [0.29, 0.717) is 16.9 Å². The molecule has 122 valence electrons. The molecule has 5 heteroatoms. The first-order valence-electron chi connectivity index (χ1n) is 8.20. The maximum Gasteiger partial charge on any atom is 0.276 e. The summed E-state index contributed by atoms with van der Waals surface area (Å²) in [7, 11) is 0. The molecule has 1 aromatic carbocycles. The van der Waals surface area contributed by atoms with Crippen molar-refractivity contribution in [3.63, 3.8) is 0 Å². The molecular formula is C18H23N3OS. The molecule has 0 bridgehead atoms. The summed E-state index contributed by atoms with van der Waals surface area (Å²) >= 11 is 1.87. The van der Waals surface area contributed by atoms with E-state index in [1.807, 2.05) is 30.8 Å². The monoisotopic (exact) mass is 329 g/mol. The van der Waals surface area contributed by atoms with E-state index in [9.17, 15) is 4.79 Å². The number of carbonyl (C=O) groups excluding carboxylic acids is 1. The van der Waals surface area contributed by atoms with Crippen molar-refractivity contribution in [3.8, 4) is 0 Å². The van der Waals surface area contributed by atoms with E-state index in [-0.39, 0.29) is 5.91 Å². The Morgan fingerprint density at radius 1 is 1.43 bits per heavy atom. The topological polar surface area (TPSA) is 57.8 Å². The summed E-state index contributed by atoms with van der Waals surface area (Å²) in [6.07, 6.45) is 3.53. The third-order valence-electron chi connectivity index (χ3n) is 4.21. The average Bonchev–Trinajstić information content (AvgIpc) is 3.27. The van der Waals surface area contributed by atoms with E-state index in [0.717, 1.165) is 23.4 Å². The number of thioether (sulfide) groups is 1. The molecule has 1 aliphatic rings. The zero-order valence-electron chi connectivity index (χ0n) is 13.8. The summed E-state index contributed by atoms with van der Waals surface area (Å²) in [6.45, 7) is 6.44. The molecule has 4 nitrogen and oxygen atoms in total. The number of carbonyl (C=O) groups is 1. The smallest absolute Gasteiger partial charge is 0.276 e. The van der Waals surface area contributed by atoms with Gasteiger partial charge in [-0.25, -0.2) is 0 Å². The van der Waals surface area contributed by atoms with Crippen molar-refractivity contribution >= 4 is 23.4 Å². The summed E-state index contributed by atoms with van der Waals surface area (Å²) in [5.74, 6) is 0.418. The third kappa shape index (κ3) is 3.96. The summed E-state index contributed by atoms with van der Waals surface area (Å²) in [6, 6.07) is 8.05. The van der Waals surface area contributed by atoms with Gasteiger partial charge in [0, 0.05) is 27.4 Å². The van der Waals surface area contributed by atoms with Crippen LogP contribution in [0, 0.1) is 6.92 Å². The number of rotatable bonds is 6. The van der Waals surface area contributed by atoms with Gasteiger partial charge in [-0.2, -0.15) is 5.10 Å². The largest absolute Gasteiger partial charge is 0.320 e. The van der Waals surface area contributed by atoms with Crippen molar-refractivity contribution in [2.75, 3.05) is 5.32 Å². The fourth-order valence-electron chi connectivity index (χ4n) is 2.41. The fraction of sp³-hybridized carbons (Fsp3) is 0.444. The second-order valence-electron chi connectivity index (χ2n) is 6.25. The molecule has 2 aromatic rings. The number of nitrogens with one attached hydrogen (secondary N) is 2. The lowest BCUT2D eigenvalue weighted by Crippen LogP contribution is -2.13. The molecule has 1 atom stereocenters. The number of aryl methyl sites for hydroxylation is 1. The number of hydrogen-bond donors (Lipinski definition) is 2. The molecule has 0 saturated heterocycles. The van der Waals surface area contributed by atoms with Gasteiger partial charge in [0.25, 0.3) is 5.91 Å². The first kappa shape index (κ1) is 16.1. The van der Waals surface area contributed by atoms with Gasteiger partial charge in [0.05, 0.1) is 0 Å². The highest BCUT2D eigenvalue weighted by molar-refractivity contribution is 7.99. The molecule has 2 N–H and O–H groups in total. The van der Waals surface area contributed by atoms with Gasteiger partial charge in [0.2, 0.25) is 0 Å². The molecule has 0 spiro atoms. The van der Waals surface area contributed by atoms with E-state index >= 15 is 0 Å². The lowest BCUT2D eigenvalue weighted by Gasteiger charge is -2.12. The van der Waals surface area contributed by atoms with E-state index in [4.69, 9.17) is 0 Å². The second-order valence-corrected chi connectivity index (χ2v) is 7.76. The van der Waals surface area contributed by atoms with Gasteiger partial charge < -0.3 is 5.32 Å². The minimum atomic E-state index is -0.154. The zero-order valence-corrected chi connectivity index (χ0v) is 14.7. The van der Waals surface area contributed by atoms with Crippen molar-refractivity contribution in [2.45, 2.75) is 56.1 Å². The molecule has 1 amide bonds. The third-order valence-corrected chi connectivity index (χ3v) is 5.47. The highest BCUT2D eigenvalue weighted by Crippen LogP contribution is 2.39. The SMILES string of the molecule is CCC(C)Sc1ccc(NC(=O)c2cc(C3CC3)[nH]n2)c(C)c1. The zero-order chi connectivity index (χ0) is 16.4. The Hall–Kier alpha value is -1.75. The van der Waals surface area contributed by atoms with Crippen molar-refractivity contribution in [2.24, 2.45) is 0 Å². The molecule has 1 aromatic heterocycles. The molecule has 23 heavy (non-hydrogen) atoms. The number of H-pyrrole nitrogens is 1. The molecular weight excluding hydrogens is 306 g/mol. The Morgan fingerprint density at radius 3 is 2.87 bits per heavy atom. The maximum atomic E-state index is 12.3. The van der Waals surface area contributed by atoms with Crippen LogP contribution in [0.3, 0.4) is 0 Å². The van der Waals surface area contributed by atoms with Crippen molar-refractivity contribution in [1.29, 1.82) is 0 Å². The van der Waals surface area contributed by atoms with Crippen LogP contribution in [0.4, 0.5) is 5.69 Å². The van der Waals surface area contributed by atoms with Crippen molar-refractivity contribution in [1.82, 2.24) is 10.2 Å². The molecule has 0 aliphatic heterocycles. The number of aromatic amines is 1. The predicted octanol–water partition coefficient (Wildman–Crippen LogP) is 4.74. The van der Waals surface area contributed by atoms with Gasteiger partial charge in [-0.05, 0) is 56.0 Å². The minimum Gasteiger partial charge on any atom is -0.320 e. The number of aromatic nitrogens is 2. The van der Waals surface area contributed by atoms with Gasteiger partial charge in [-0.3, -0.25) is 9.89 Å². The van der Waals surface area contributed by atoms with Gasteiger partial charge in [0.1, 0.15) is 0 Å². The van der Waals surface area contributed by atoms with E-state index in [1.54, 1.807) is 0 Å². The first-order chi connectivity index (χ1) is 11.1. The summed E-state index contributed by atoms with van der Waals surface area (Å²) in [5.41, 5.74) is 3.46. The van der Waals surface area contributed by atoms with Gasteiger partial charge >= 0.3 is 0 Å². The molecule has 1 fully saturated rings. The van der Waals surface area contributed by atoms with Crippen LogP contribution in [0.15, 0.2) is 29.2 Å². The second kappa shape index (κ2) is 6.79. The minimum absolute atomic E-state index is 0.154. The number of nitrogens with zero attached hydrogens (tertiary/aromatic N) is 1. The number of amides is 1. The average molecular weight is 329 g/mol. The summed E-state index contributed by atoms with van der Waals surface area (Å²) in [4.78, 5) is 13.6. The highest BCUT2D eigenvalue weighted by Gasteiger charge is 2.26. The molecule has 1 aliphatic carbocycles. The maximum absolute atomic E-state index is 12.3. The van der Waals surface area contributed by atoms with Crippen LogP contribution in [0.1, 0.15) is 60.8 Å². The molecule has 3 rings (SSSR count). The Bertz CT molecular complexity index is 706. The highest BCUT2D eigenvalue weighted by atomic mass is 32.2. The van der Waals surface area contributed by atoms with Crippen LogP contribution in [0.25, 0.3) is 0 Å². The summed E-state index contributed by atoms with van der Waals surface area (Å²) < 4.78 is 0. The number of hydrogen-bond acceptors (Lipinski definition) is 3. The fourth-order valence-corrected chi connectivity index (χ4v) is 3.43. The van der Waals surface area contributed by atoms with Crippen LogP contribution in [-0.4, -0.2) is 21.4 Å². The van der Waals surface area contributed by atoms with E-state index in [1.165, 1.54) is 17.7 Å². The van der Waals surface area contributed by atoms with Crippen LogP contribution in [0.5, 0.6) is 0 Å². The molecule has 1 saturated carbocycles. The summed E-state index contributed by atoms with van der Waals surface area (Å²) in [5, 5.41) is 10.7. The van der Waals surface area contributed by atoms with Crippen molar-refractivity contribution in [3.05, 3.63) is 41.2 Å². The van der Waals surface area contributed by atoms with Crippen LogP contribution >= 0.6 is 11.8 Å². The number of anilines is 1.